The molecule has 12 nitrogen and oxygen atoms in total. The Morgan fingerprint density at radius 1 is 1.22 bits per heavy atom. The van der Waals surface area contributed by atoms with Gasteiger partial charge < -0.3 is 14.7 Å². The van der Waals surface area contributed by atoms with Gasteiger partial charge in [-0.25, -0.2) is 5.43 Å². The van der Waals surface area contributed by atoms with Crippen LogP contribution in [0.3, 0.4) is 0 Å². The Bertz CT molecular complexity index is 1280. The van der Waals surface area contributed by atoms with Gasteiger partial charge in [-0.2, -0.15) is 33.2 Å². The Morgan fingerprint density at radius 2 is 2.05 bits per heavy atom. The quantitative estimate of drug-likeness (QED) is 0.254. The molecule has 1 fully saturated rings. The number of hydrogen-bond acceptors (Lipinski definition) is 11. The molecule has 0 radical (unpaired) electrons. The lowest BCUT2D eigenvalue weighted by Crippen LogP contribution is -2.35. The number of piperidine rings is 1. The standard InChI is InChI=1S/C22H21F3N8O4/c23-22(24,25)13-37-21-29-19(31-27-12-14-6-5-9-17(18(14)34)33(35)36)28-20(30-21)32-11-4-2-8-16(32)15-7-1-3-10-26-15/h1,3,5-7,9-10,12,16,34H,2,4,8,11,13H2,(H,28,29,30,31)/b27-12-/t16-/m0/s1. The van der Waals surface area contributed by atoms with Gasteiger partial charge >= 0.3 is 17.9 Å². The number of nitro benzene ring substituents is 1. The SMILES string of the molecule is O=[N+]([O-])c1cccc(/C=N\Nc2nc(OCC(F)(F)F)nc(N3CCCC[C@H]3c3ccccn3)n2)c1O. The van der Waals surface area contributed by atoms with Crippen LogP contribution in [0.2, 0.25) is 0 Å². The third-order valence-corrected chi connectivity index (χ3v) is 5.37. The van der Waals surface area contributed by atoms with Crippen LogP contribution in [0, 0.1) is 10.1 Å². The van der Waals surface area contributed by atoms with Crippen molar-refractivity contribution in [3.05, 3.63) is 64.0 Å². The normalized spacial score (nSPS) is 16.1. The van der Waals surface area contributed by atoms with E-state index in [1.165, 1.54) is 12.1 Å². The van der Waals surface area contributed by atoms with Gasteiger partial charge in [0.05, 0.1) is 22.9 Å². The van der Waals surface area contributed by atoms with E-state index in [0.29, 0.717) is 6.54 Å². The molecular formula is C22H21F3N8O4. The summed E-state index contributed by atoms with van der Waals surface area (Å²) in [5, 5.41) is 24.9. The Morgan fingerprint density at radius 3 is 2.78 bits per heavy atom. The smallest absolute Gasteiger partial charge is 0.422 e. The third-order valence-electron chi connectivity index (χ3n) is 5.37. The number of anilines is 2. The molecule has 2 N–H and O–H groups in total. The van der Waals surface area contributed by atoms with Crippen LogP contribution in [-0.2, 0) is 0 Å². The predicted molar refractivity (Wildman–Crippen MR) is 126 cm³/mol. The Balaban J connectivity index is 1.63. The van der Waals surface area contributed by atoms with Crippen molar-refractivity contribution in [3.63, 3.8) is 0 Å². The summed E-state index contributed by atoms with van der Waals surface area (Å²) in [6.07, 6.45) is 0.579. The van der Waals surface area contributed by atoms with Gasteiger partial charge in [0, 0.05) is 24.4 Å². The summed E-state index contributed by atoms with van der Waals surface area (Å²) in [4.78, 5) is 28.7. The topological polar surface area (TPSA) is 152 Å². The summed E-state index contributed by atoms with van der Waals surface area (Å²) in [7, 11) is 0. The zero-order chi connectivity index (χ0) is 26.4. The van der Waals surface area contributed by atoms with E-state index in [1.807, 2.05) is 17.0 Å². The lowest BCUT2D eigenvalue weighted by atomic mass is 9.99. The summed E-state index contributed by atoms with van der Waals surface area (Å²) in [6, 6.07) is 8.55. The number of hydrogen-bond donors (Lipinski definition) is 2. The monoisotopic (exact) mass is 518 g/mol. The average Bonchev–Trinajstić information content (AvgIpc) is 2.88. The lowest BCUT2D eigenvalue weighted by Gasteiger charge is -2.35. The second kappa shape index (κ2) is 11.0. The molecule has 0 saturated carbocycles. The molecule has 1 atom stereocenters. The highest BCUT2D eigenvalue weighted by atomic mass is 19.4. The fourth-order valence-electron chi connectivity index (χ4n) is 3.75. The molecule has 3 heterocycles. The van der Waals surface area contributed by atoms with Gasteiger partial charge in [0.15, 0.2) is 6.61 Å². The molecule has 15 heteroatoms. The highest BCUT2D eigenvalue weighted by Crippen LogP contribution is 2.33. The summed E-state index contributed by atoms with van der Waals surface area (Å²) >= 11 is 0. The minimum Gasteiger partial charge on any atom is -0.502 e. The minimum absolute atomic E-state index is 0.0239. The number of para-hydroxylation sites is 1. The Labute approximate surface area is 208 Å². The first-order valence-corrected chi connectivity index (χ1v) is 11.1. The van der Waals surface area contributed by atoms with E-state index in [4.69, 9.17) is 4.74 Å². The number of alkyl halides is 3. The molecule has 1 aliphatic heterocycles. The van der Waals surface area contributed by atoms with Crippen LogP contribution in [0.5, 0.6) is 11.8 Å². The molecule has 3 aromatic rings. The van der Waals surface area contributed by atoms with Crippen molar-refractivity contribution in [3.8, 4) is 11.8 Å². The summed E-state index contributed by atoms with van der Waals surface area (Å²) < 4.78 is 43.1. The molecule has 1 aliphatic rings. The number of nitrogens with one attached hydrogen (secondary N) is 1. The molecule has 0 unspecified atom stereocenters. The molecule has 0 amide bonds. The molecule has 37 heavy (non-hydrogen) atoms. The van der Waals surface area contributed by atoms with Gasteiger partial charge in [-0.15, -0.1) is 0 Å². The van der Waals surface area contributed by atoms with Crippen molar-refractivity contribution in [2.45, 2.75) is 31.5 Å². The maximum atomic E-state index is 12.8. The van der Waals surface area contributed by atoms with Crippen molar-refractivity contribution < 1.29 is 27.9 Å². The third kappa shape index (κ3) is 6.56. The maximum absolute atomic E-state index is 12.8. The number of aromatic nitrogens is 4. The molecule has 0 bridgehead atoms. The molecular weight excluding hydrogens is 497 g/mol. The number of nitro groups is 1. The second-order valence-electron chi connectivity index (χ2n) is 7.95. The zero-order valence-corrected chi connectivity index (χ0v) is 19.2. The first-order chi connectivity index (χ1) is 17.7. The van der Waals surface area contributed by atoms with E-state index in [0.717, 1.165) is 37.2 Å². The van der Waals surface area contributed by atoms with Gasteiger partial charge in [-0.3, -0.25) is 15.1 Å². The van der Waals surface area contributed by atoms with E-state index in [1.54, 1.807) is 12.3 Å². The number of rotatable bonds is 8. The van der Waals surface area contributed by atoms with Gasteiger partial charge in [0.2, 0.25) is 11.7 Å². The van der Waals surface area contributed by atoms with E-state index in [2.05, 4.69) is 30.5 Å². The predicted octanol–water partition coefficient (Wildman–Crippen LogP) is 4.00. The highest BCUT2D eigenvalue weighted by molar-refractivity contribution is 5.85. The van der Waals surface area contributed by atoms with Crippen LogP contribution in [0.15, 0.2) is 47.7 Å². The van der Waals surface area contributed by atoms with Crippen molar-refractivity contribution >= 4 is 23.8 Å². The molecule has 0 aliphatic carbocycles. The minimum atomic E-state index is -4.61. The fourth-order valence-corrected chi connectivity index (χ4v) is 3.75. The molecule has 0 spiro atoms. The zero-order valence-electron chi connectivity index (χ0n) is 19.2. The van der Waals surface area contributed by atoms with E-state index < -0.39 is 35.2 Å². The molecule has 4 rings (SSSR count). The highest BCUT2D eigenvalue weighted by Gasteiger charge is 2.31. The number of benzene rings is 1. The van der Waals surface area contributed by atoms with Crippen molar-refractivity contribution in [1.82, 2.24) is 19.9 Å². The van der Waals surface area contributed by atoms with Crippen LogP contribution >= 0.6 is 0 Å². The van der Waals surface area contributed by atoms with Gasteiger partial charge in [0.1, 0.15) is 0 Å². The molecule has 1 aromatic carbocycles. The van der Waals surface area contributed by atoms with Crippen molar-refractivity contribution in [2.24, 2.45) is 5.10 Å². The number of phenols is 1. The fraction of sp³-hybridized carbons (Fsp3) is 0.318. The first kappa shape index (κ1) is 25.5. The molecule has 2 aromatic heterocycles. The second-order valence-corrected chi connectivity index (χ2v) is 7.95. The van der Waals surface area contributed by atoms with Crippen LogP contribution < -0.4 is 15.1 Å². The number of aromatic hydroxyl groups is 1. The summed E-state index contributed by atoms with van der Waals surface area (Å²) in [5.41, 5.74) is 2.73. The Kier molecular flexibility index (Phi) is 7.60. The first-order valence-electron chi connectivity index (χ1n) is 11.1. The Hall–Kier alpha value is -4.56. The van der Waals surface area contributed by atoms with Crippen LogP contribution in [-0.4, -0.2) is 55.5 Å². The van der Waals surface area contributed by atoms with E-state index >= 15 is 0 Å². The number of phenolic OH excluding ortho intramolecular Hbond substituents is 1. The average molecular weight is 518 g/mol. The van der Waals surface area contributed by atoms with Crippen LogP contribution in [0.1, 0.15) is 36.6 Å². The molecule has 194 valence electrons. The number of halogens is 3. The number of nitrogens with zero attached hydrogens (tertiary/aromatic N) is 7. The summed E-state index contributed by atoms with van der Waals surface area (Å²) in [5.74, 6) is -0.762. The number of ether oxygens (including phenoxy) is 1. The van der Waals surface area contributed by atoms with Gasteiger partial charge in [-0.1, -0.05) is 12.1 Å². The van der Waals surface area contributed by atoms with Gasteiger partial charge in [0.25, 0.3) is 5.95 Å². The van der Waals surface area contributed by atoms with E-state index in [9.17, 15) is 28.4 Å². The van der Waals surface area contributed by atoms with Crippen LogP contribution in [0.4, 0.5) is 30.8 Å². The maximum Gasteiger partial charge on any atom is 0.422 e. The van der Waals surface area contributed by atoms with Crippen LogP contribution in [0.25, 0.3) is 0 Å². The van der Waals surface area contributed by atoms with Crippen molar-refractivity contribution in [2.75, 3.05) is 23.5 Å². The van der Waals surface area contributed by atoms with E-state index in [-0.39, 0.29) is 23.5 Å². The largest absolute Gasteiger partial charge is 0.502 e. The van der Waals surface area contributed by atoms with Crippen molar-refractivity contribution in [1.29, 1.82) is 0 Å². The summed E-state index contributed by atoms with van der Waals surface area (Å²) in [6.45, 7) is -1.08. The van der Waals surface area contributed by atoms with Gasteiger partial charge in [-0.05, 0) is 37.5 Å². The molecule has 1 saturated heterocycles. The lowest BCUT2D eigenvalue weighted by molar-refractivity contribution is -0.385. The number of pyridine rings is 1. The number of hydrazone groups is 1.